The molecule has 80 valence electrons. The molecule has 0 fully saturated rings. The smallest absolute Gasteiger partial charge is 0.0521 e. The maximum atomic E-state index is 9.22. The summed E-state index contributed by atoms with van der Waals surface area (Å²) < 4.78 is 1.80. The Labute approximate surface area is 85.8 Å². The molecule has 0 aliphatic rings. The van der Waals surface area contributed by atoms with Gasteiger partial charge < -0.3 is 5.11 Å². The van der Waals surface area contributed by atoms with Crippen molar-refractivity contribution >= 4 is 0 Å². The predicted octanol–water partition coefficient (Wildman–Crippen LogP) is 1.62. The van der Waals surface area contributed by atoms with Crippen molar-refractivity contribution in [2.45, 2.75) is 26.7 Å². The highest BCUT2D eigenvalue weighted by molar-refractivity contribution is 5.04. The van der Waals surface area contributed by atoms with Gasteiger partial charge in [0.05, 0.1) is 6.20 Å². The molecule has 1 N–H and O–H groups in total. The van der Waals surface area contributed by atoms with Crippen LogP contribution in [0.2, 0.25) is 0 Å². The monoisotopic (exact) mass is 196 g/mol. The van der Waals surface area contributed by atoms with Gasteiger partial charge in [-0.05, 0) is 30.2 Å². The molecule has 0 aliphatic heterocycles. The number of hydrogen-bond acceptors (Lipinski definition) is 2. The topological polar surface area (TPSA) is 38.1 Å². The van der Waals surface area contributed by atoms with Gasteiger partial charge in [0.2, 0.25) is 0 Å². The van der Waals surface area contributed by atoms with E-state index in [1.807, 2.05) is 19.4 Å². The normalized spacial score (nSPS) is 13.5. The van der Waals surface area contributed by atoms with E-state index in [1.165, 1.54) is 5.56 Å². The van der Waals surface area contributed by atoms with E-state index >= 15 is 0 Å². The molecule has 0 aromatic carbocycles. The second-order valence-corrected chi connectivity index (χ2v) is 4.40. The van der Waals surface area contributed by atoms with Gasteiger partial charge in [-0.15, -0.1) is 0 Å². The molecular formula is C11H20N2O. The molecule has 0 aliphatic carbocycles. The summed E-state index contributed by atoms with van der Waals surface area (Å²) in [7, 11) is 1.92. The van der Waals surface area contributed by atoms with Crippen LogP contribution in [0, 0.1) is 11.8 Å². The maximum Gasteiger partial charge on any atom is 0.0521 e. The van der Waals surface area contributed by atoms with Crippen molar-refractivity contribution < 1.29 is 5.11 Å². The average Bonchev–Trinajstić information content (AvgIpc) is 2.49. The Bertz CT molecular complexity index is 268. The summed E-state index contributed by atoms with van der Waals surface area (Å²) in [6, 6.07) is 0. The van der Waals surface area contributed by atoms with Crippen molar-refractivity contribution in [1.29, 1.82) is 0 Å². The number of aromatic nitrogens is 2. The second kappa shape index (κ2) is 5.15. The van der Waals surface area contributed by atoms with Gasteiger partial charge in [-0.3, -0.25) is 4.68 Å². The minimum atomic E-state index is 0.271. The first-order valence-corrected chi connectivity index (χ1v) is 5.20. The molecule has 0 bridgehead atoms. The largest absolute Gasteiger partial charge is 0.396 e. The standard InChI is InChI=1S/C11H20N2O/c1-9(2)4-10(8-14)5-11-6-12-13(3)7-11/h6-7,9-10,14H,4-5,8H2,1-3H3. The van der Waals surface area contributed by atoms with Gasteiger partial charge in [-0.1, -0.05) is 13.8 Å². The molecular weight excluding hydrogens is 176 g/mol. The fourth-order valence-electron chi connectivity index (χ4n) is 1.80. The first-order chi connectivity index (χ1) is 6.61. The summed E-state index contributed by atoms with van der Waals surface area (Å²) in [5.41, 5.74) is 1.22. The maximum absolute atomic E-state index is 9.22. The van der Waals surface area contributed by atoms with Gasteiger partial charge in [0.1, 0.15) is 0 Å². The Kier molecular flexibility index (Phi) is 4.14. The summed E-state index contributed by atoms with van der Waals surface area (Å²) in [4.78, 5) is 0. The molecule has 1 unspecified atom stereocenters. The van der Waals surface area contributed by atoms with E-state index < -0.39 is 0 Å². The molecule has 3 nitrogen and oxygen atoms in total. The van der Waals surface area contributed by atoms with Crippen LogP contribution in [-0.4, -0.2) is 21.5 Å². The van der Waals surface area contributed by atoms with Gasteiger partial charge in [-0.2, -0.15) is 5.10 Å². The third-order valence-corrected chi connectivity index (χ3v) is 2.35. The number of aliphatic hydroxyl groups is 1. The second-order valence-electron chi connectivity index (χ2n) is 4.40. The average molecular weight is 196 g/mol. The van der Waals surface area contributed by atoms with Crippen molar-refractivity contribution in [2.24, 2.45) is 18.9 Å². The van der Waals surface area contributed by atoms with Crippen LogP contribution in [0.1, 0.15) is 25.8 Å². The molecule has 0 saturated carbocycles. The zero-order chi connectivity index (χ0) is 10.6. The van der Waals surface area contributed by atoms with Crippen molar-refractivity contribution in [3.05, 3.63) is 18.0 Å². The fourth-order valence-corrected chi connectivity index (χ4v) is 1.80. The lowest BCUT2D eigenvalue weighted by atomic mass is 9.93. The van der Waals surface area contributed by atoms with Crippen LogP contribution in [0.4, 0.5) is 0 Å². The van der Waals surface area contributed by atoms with Crippen LogP contribution < -0.4 is 0 Å². The molecule has 14 heavy (non-hydrogen) atoms. The minimum Gasteiger partial charge on any atom is -0.396 e. The Balaban J connectivity index is 2.48. The van der Waals surface area contributed by atoms with Crippen LogP contribution in [0.25, 0.3) is 0 Å². The SMILES string of the molecule is CC(C)CC(CO)Cc1cnn(C)c1. The Morgan fingerprint density at radius 1 is 1.50 bits per heavy atom. The van der Waals surface area contributed by atoms with E-state index in [2.05, 4.69) is 18.9 Å². The molecule has 0 radical (unpaired) electrons. The molecule has 1 rings (SSSR count). The lowest BCUT2D eigenvalue weighted by molar-refractivity contribution is 0.205. The van der Waals surface area contributed by atoms with Crippen LogP contribution in [0.5, 0.6) is 0 Å². The summed E-state index contributed by atoms with van der Waals surface area (Å²) in [6.45, 7) is 4.64. The first-order valence-electron chi connectivity index (χ1n) is 5.20. The van der Waals surface area contributed by atoms with Crippen LogP contribution in [-0.2, 0) is 13.5 Å². The van der Waals surface area contributed by atoms with Crippen LogP contribution in [0.15, 0.2) is 12.4 Å². The highest BCUT2D eigenvalue weighted by Crippen LogP contribution is 2.16. The first kappa shape index (κ1) is 11.2. The summed E-state index contributed by atoms with van der Waals surface area (Å²) in [5.74, 6) is 1.02. The predicted molar refractivity (Wildman–Crippen MR) is 56.9 cm³/mol. The molecule has 3 heteroatoms. The number of nitrogens with zero attached hydrogens (tertiary/aromatic N) is 2. The summed E-state index contributed by atoms with van der Waals surface area (Å²) in [6.07, 6.45) is 5.90. The Morgan fingerprint density at radius 2 is 2.21 bits per heavy atom. The number of hydrogen-bond donors (Lipinski definition) is 1. The Hall–Kier alpha value is -0.830. The summed E-state index contributed by atoms with van der Waals surface area (Å²) in [5, 5.41) is 13.3. The molecule has 1 atom stereocenters. The van der Waals surface area contributed by atoms with Gasteiger partial charge in [0.15, 0.2) is 0 Å². The van der Waals surface area contributed by atoms with Gasteiger partial charge in [-0.25, -0.2) is 0 Å². The van der Waals surface area contributed by atoms with E-state index in [0.29, 0.717) is 11.8 Å². The van der Waals surface area contributed by atoms with Crippen molar-refractivity contribution in [3.63, 3.8) is 0 Å². The van der Waals surface area contributed by atoms with Gasteiger partial charge >= 0.3 is 0 Å². The van der Waals surface area contributed by atoms with Crippen LogP contribution >= 0.6 is 0 Å². The van der Waals surface area contributed by atoms with Crippen molar-refractivity contribution in [2.75, 3.05) is 6.61 Å². The quantitative estimate of drug-likeness (QED) is 0.777. The minimum absolute atomic E-state index is 0.271. The molecule has 0 spiro atoms. The highest BCUT2D eigenvalue weighted by atomic mass is 16.3. The summed E-state index contributed by atoms with van der Waals surface area (Å²) >= 11 is 0. The zero-order valence-corrected chi connectivity index (χ0v) is 9.27. The molecule has 1 aromatic heterocycles. The van der Waals surface area contributed by atoms with E-state index in [-0.39, 0.29) is 6.61 Å². The number of aryl methyl sites for hydroxylation is 1. The fraction of sp³-hybridized carbons (Fsp3) is 0.727. The zero-order valence-electron chi connectivity index (χ0n) is 9.27. The van der Waals surface area contributed by atoms with Gasteiger partial charge in [0.25, 0.3) is 0 Å². The number of rotatable bonds is 5. The van der Waals surface area contributed by atoms with Gasteiger partial charge in [0, 0.05) is 19.9 Å². The lowest BCUT2D eigenvalue weighted by Crippen LogP contribution is -2.12. The van der Waals surface area contributed by atoms with E-state index in [9.17, 15) is 5.11 Å². The number of aliphatic hydroxyl groups excluding tert-OH is 1. The third kappa shape index (κ3) is 3.50. The van der Waals surface area contributed by atoms with E-state index in [0.717, 1.165) is 12.8 Å². The highest BCUT2D eigenvalue weighted by Gasteiger charge is 2.11. The lowest BCUT2D eigenvalue weighted by Gasteiger charge is -2.15. The third-order valence-electron chi connectivity index (χ3n) is 2.35. The van der Waals surface area contributed by atoms with Crippen LogP contribution in [0.3, 0.4) is 0 Å². The Morgan fingerprint density at radius 3 is 2.64 bits per heavy atom. The van der Waals surface area contributed by atoms with E-state index in [1.54, 1.807) is 4.68 Å². The molecule has 1 aromatic rings. The van der Waals surface area contributed by atoms with E-state index in [4.69, 9.17) is 0 Å². The molecule has 1 heterocycles. The van der Waals surface area contributed by atoms with Crippen molar-refractivity contribution in [3.8, 4) is 0 Å². The molecule has 0 amide bonds. The molecule has 0 saturated heterocycles. The van der Waals surface area contributed by atoms with Crippen molar-refractivity contribution in [1.82, 2.24) is 9.78 Å².